The van der Waals surface area contributed by atoms with Crippen LogP contribution in [0.25, 0.3) is 0 Å². The van der Waals surface area contributed by atoms with Crippen LogP contribution in [0.3, 0.4) is 0 Å². The van der Waals surface area contributed by atoms with Gasteiger partial charge >= 0.3 is 0 Å². The number of nitrogens with one attached hydrogen (secondary N) is 1. The van der Waals surface area contributed by atoms with Crippen LogP contribution in [0.2, 0.25) is 0 Å². The number of nitrogens with zero attached hydrogens (tertiary/aromatic N) is 1. The zero-order chi connectivity index (χ0) is 19.4. The van der Waals surface area contributed by atoms with Gasteiger partial charge in [-0.2, -0.15) is 0 Å². The molecule has 1 amide bonds. The minimum atomic E-state index is -0.213. The van der Waals surface area contributed by atoms with Gasteiger partial charge in [-0.1, -0.05) is 30.3 Å². The second-order valence-electron chi connectivity index (χ2n) is 7.77. The lowest BCUT2D eigenvalue weighted by molar-refractivity contribution is -0.127. The highest BCUT2D eigenvalue weighted by Crippen LogP contribution is 2.22. The van der Waals surface area contributed by atoms with Crippen molar-refractivity contribution in [2.45, 2.75) is 46.2 Å². The Kier molecular flexibility index (Phi) is 6.27. The summed E-state index contributed by atoms with van der Waals surface area (Å²) in [7, 11) is 0. The fraction of sp³-hybridized carbons (Fsp3) is 0.435. The monoisotopic (exact) mass is 368 g/mol. The average molecular weight is 368 g/mol. The Bertz CT molecular complexity index is 787. The summed E-state index contributed by atoms with van der Waals surface area (Å²) in [5.41, 5.74) is 4.74. The number of likely N-dealkylation sites (tertiary alicyclic amines) is 1. The molecule has 0 aromatic heterocycles. The third kappa shape index (κ3) is 5.16. The van der Waals surface area contributed by atoms with Crippen molar-refractivity contribution in [1.82, 2.24) is 10.2 Å². The summed E-state index contributed by atoms with van der Waals surface area (Å²) in [5.74, 6) is -0.0762. The van der Waals surface area contributed by atoms with Crippen molar-refractivity contribution >= 4 is 5.91 Å². The van der Waals surface area contributed by atoms with Crippen LogP contribution in [0.1, 0.15) is 48.1 Å². The molecule has 1 saturated heterocycles. The Labute approximate surface area is 161 Å². The van der Waals surface area contributed by atoms with Crippen LogP contribution in [0, 0.1) is 25.6 Å². The number of benzene rings is 2. The zero-order valence-corrected chi connectivity index (χ0v) is 16.5. The number of halogens is 1. The van der Waals surface area contributed by atoms with Crippen molar-refractivity contribution in [3.05, 3.63) is 70.5 Å². The van der Waals surface area contributed by atoms with Gasteiger partial charge in [-0.3, -0.25) is 9.69 Å². The van der Waals surface area contributed by atoms with E-state index < -0.39 is 0 Å². The quantitative estimate of drug-likeness (QED) is 0.841. The first-order valence-electron chi connectivity index (χ1n) is 9.76. The van der Waals surface area contributed by atoms with E-state index in [-0.39, 0.29) is 23.7 Å². The molecule has 4 heteroatoms. The highest BCUT2D eigenvalue weighted by molar-refractivity contribution is 5.79. The number of piperidine rings is 1. The lowest BCUT2D eigenvalue weighted by atomic mass is 9.95. The number of amides is 1. The van der Waals surface area contributed by atoms with E-state index in [0.29, 0.717) is 0 Å². The molecule has 2 aromatic carbocycles. The Morgan fingerprint density at radius 3 is 2.63 bits per heavy atom. The molecule has 27 heavy (non-hydrogen) atoms. The Balaban J connectivity index is 1.57. The summed E-state index contributed by atoms with van der Waals surface area (Å²) in [6.07, 6.45) is 1.93. The first-order chi connectivity index (χ1) is 12.9. The van der Waals surface area contributed by atoms with Crippen molar-refractivity contribution in [3.8, 4) is 0 Å². The molecule has 1 aliphatic heterocycles. The van der Waals surface area contributed by atoms with Crippen LogP contribution < -0.4 is 5.32 Å². The third-order valence-corrected chi connectivity index (χ3v) is 5.59. The number of hydrogen-bond donors (Lipinski definition) is 1. The molecule has 0 spiro atoms. The largest absolute Gasteiger partial charge is 0.349 e. The first kappa shape index (κ1) is 19.6. The molecule has 1 aliphatic rings. The van der Waals surface area contributed by atoms with Crippen LogP contribution >= 0.6 is 0 Å². The Morgan fingerprint density at radius 1 is 1.19 bits per heavy atom. The maximum Gasteiger partial charge on any atom is 0.224 e. The van der Waals surface area contributed by atoms with Gasteiger partial charge < -0.3 is 5.32 Å². The van der Waals surface area contributed by atoms with Gasteiger partial charge in [-0.25, -0.2) is 4.39 Å². The second kappa shape index (κ2) is 8.66. The third-order valence-electron chi connectivity index (χ3n) is 5.59. The van der Waals surface area contributed by atoms with E-state index in [1.54, 1.807) is 0 Å². The second-order valence-corrected chi connectivity index (χ2v) is 7.77. The molecule has 2 unspecified atom stereocenters. The van der Waals surface area contributed by atoms with Gasteiger partial charge in [-0.05, 0) is 74.5 Å². The Morgan fingerprint density at radius 2 is 1.93 bits per heavy atom. The van der Waals surface area contributed by atoms with E-state index in [4.69, 9.17) is 0 Å². The SMILES string of the molecule is Cc1ccc(C(C)NC(=O)C2CCCN(Cc3ccc(F)cc3)C2)cc1C. The highest BCUT2D eigenvalue weighted by atomic mass is 19.1. The normalized spacial score (nSPS) is 18.9. The molecule has 2 atom stereocenters. The van der Waals surface area contributed by atoms with E-state index >= 15 is 0 Å². The molecular weight excluding hydrogens is 339 g/mol. The van der Waals surface area contributed by atoms with E-state index in [9.17, 15) is 9.18 Å². The van der Waals surface area contributed by atoms with E-state index in [2.05, 4.69) is 42.3 Å². The molecule has 144 valence electrons. The molecule has 1 N–H and O–H groups in total. The number of aryl methyl sites for hydroxylation is 2. The van der Waals surface area contributed by atoms with Crippen LogP contribution in [-0.2, 0) is 11.3 Å². The van der Waals surface area contributed by atoms with Crippen LogP contribution in [0.15, 0.2) is 42.5 Å². The summed E-state index contributed by atoms with van der Waals surface area (Å²) in [6.45, 7) is 8.73. The molecule has 3 rings (SSSR count). The summed E-state index contributed by atoms with van der Waals surface area (Å²) in [5, 5.41) is 3.19. The van der Waals surface area contributed by atoms with Gasteiger partial charge in [-0.15, -0.1) is 0 Å². The van der Waals surface area contributed by atoms with Crippen molar-refractivity contribution in [3.63, 3.8) is 0 Å². The van der Waals surface area contributed by atoms with Crippen molar-refractivity contribution in [1.29, 1.82) is 0 Å². The fourth-order valence-corrected chi connectivity index (χ4v) is 3.71. The van der Waals surface area contributed by atoms with Crippen molar-refractivity contribution < 1.29 is 9.18 Å². The number of carbonyl (C=O) groups excluding carboxylic acids is 1. The molecular formula is C23H29FN2O. The van der Waals surface area contributed by atoms with Crippen molar-refractivity contribution in [2.24, 2.45) is 5.92 Å². The highest BCUT2D eigenvalue weighted by Gasteiger charge is 2.26. The van der Waals surface area contributed by atoms with E-state index in [0.717, 1.165) is 43.6 Å². The van der Waals surface area contributed by atoms with Gasteiger partial charge in [0.25, 0.3) is 0 Å². The topological polar surface area (TPSA) is 32.3 Å². The van der Waals surface area contributed by atoms with Crippen molar-refractivity contribution in [2.75, 3.05) is 13.1 Å². The maximum atomic E-state index is 13.1. The molecule has 0 saturated carbocycles. The van der Waals surface area contributed by atoms with E-state index in [1.807, 2.05) is 19.1 Å². The smallest absolute Gasteiger partial charge is 0.224 e. The molecule has 0 bridgehead atoms. The summed E-state index contributed by atoms with van der Waals surface area (Å²) >= 11 is 0. The predicted octanol–water partition coefficient (Wildman–Crippen LogP) is 4.53. The van der Waals surface area contributed by atoms with Crippen LogP contribution in [-0.4, -0.2) is 23.9 Å². The lowest BCUT2D eigenvalue weighted by Gasteiger charge is -2.32. The molecule has 1 heterocycles. The maximum absolute atomic E-state index is 13.1. The molecule has 3 nitrogen and oxygen atoms in total. The van der Waals surface area contributed by atoms with Gasteiger partial charge in [0.1, 0.15) is 5.82 Å². The van der Waals surface area contributed by atoms with Gasteiger partial charge in [0, 0.05) is 13.1 Å². The minimum absolute atomic E-state index is 0.00396. The standard InChI is InChI=1S/C23H29FN2O/c1-16-6-9-20(13-17(16)2)18(3)25-23(27)21-5-4-12-26(15-21)14-19-7-10-22(24)11-8-19/h6-11,13,18,21H,4-5,12,14-15H2,1-3H3,(H,25,27). The number of rotatable bonds is 5. The number of carbonyl (C=O) groups is 1. The number of hydrogen-bond acceptors (Lipinski definition) is 2. The van der Waals surface area contributed by atoms with Crippen LogP contribution in [0.4, 0.5) is 4.39 Å². The first-order valence-corrected chi connectivity index (χ1v) is 9.76. The van der Waals surface area contributed by atoms with Gasteiger partial charge in [0.2, 0.25) is 5.91 Å². The molecule has 2 aromatic rings. The zero-order valence-electron chi connectivity index (χ0n) is 16.5. The van der Waals surface area contributed by atoms with Crippen LogP contribution in [0.5, 0.6) is 0 Å². The minimum Gasteiger partial charge on any atom is -0.349 e. The van der Waals surface area contributed by atoms with E-state index in [1.165, 1.54) is 23.3 Å². The molecule has 0 radical (unpaired) electrons. The summed E-state index contributed by atoms with van der Waals surface area (Å²) in [6, 6.07) is 13.0. The molecule has 1 fully saturated rings. The summed E-state index contributed by atoms with van der Waals surface area (Å²) in [4.78, 5) is 15.1. The fourth-order valence-electron chi connectivity index (χ4n) is 3.71. The molecule has 0 aliphatic carbocycles. The van der Waals surface area contributed by atoms with Gasteiger partial charge in [0.05, 0.1) is 12.0 Å². The lowest BCUT2D eigenvalue weighted by Crippen LogP contribution is -2.43. The Hall–Kier alpha value is -2.20. The van der Waals surface area contributed by atoms with Gasteiger partial charge in [0.15, 0.2) is 0 Å². The summed E-state index contributed by atoms with van der Waals surface area (Å²) < 4.78 is 13.1. The average Bonchev–Trinajstić information content (AvgIpc) is 2.66. The predicted molar refractivity (Wildman–Crippen MR) is 107 cm³/mol.